The van der Waals surface area contributed by atoms with Gasteiger partial charge in [-0.2, -0.15) is 0 Å². The molecule has 0 spiro atoms. The quantitative estimate of drug-likeness (QED) is 0.620. The van der Waals surface area contributed by atoms with E-state index in [0.29, 0.717) is 18.7 Å². The van der Waals surface area contributed by atoms with Gasteiger partial charge in [-0.25, -0.2) is 9.97 Å². The van der Waals surface area contributed by atoms with Crippen LogP contribution in [0, 0.1) is 0 Å². The molecular formula is C17H21Cl2N5OS2. The topological polar surface area (TPSA) is 84.1 Å². The molecule has 3 heterocycles. The van der Waals surface area contributed by atoms with Gasteiger partial charge in [0.25, 0.3) is 5.91 Å². The molecule has 27 heavy (non-hydrogen) atoms. The second kappa shape index (κ2) is 9.66. The van der Waals surface area contributed by atoms with Crippen molar-refractivity contribution in [2.45, 2.75) is 19.3 Å². The summed E-state index contributed by atoms with van der Waals surface area (Å²) in [7, 11) is 0. The minimum Gasteiger partial charge on any atom is -0.348 e. The molecule has 0 bridgehead atoms. The summed E-state index contributed by atoms with van der Waals surface area (Å²) in [4.78, 5) is 23.7. The predicted octanol–water partition coefficient (Wildman–Crippen LogP) is 3.95. The number of fused-ring (bicyclic) bond motifs is 1. The number of carbonyl (C=O) groups excluding carboxylic acids is 1. The molecule has 2 aromatic heterocycles. The van der Waals surface area contributed by atoms with Crippen LogP contribution in [0.1, 0.15) is 28.3 Å². The molecule has 6 nitrogen and oxygen atoms in total. The smallest absolute Gasteiger partial charge is 0.275 e. The molecule has 0 radical (unpaired) electrons. The standard InChI is InChI=1S/C17H19N5OS2.2ClH/c18-6-5-15-20-13(10-24-15)16(23)19-11-3-4-12-14(9-11)25-17(21-12)22-7-1-2-8-22;;/h3-4,9-10H,1-2,5-8,18H2,(H,19,23);2*1H. The summed E-state index contributed by atoms with van der Waals surface area (Å²) in [5.41, 5.74) is 7.71. The van der Waals surface area contributed by atoms with Gasteiger partial charge in [0, 0.05) is 30.6 Å². The maximum atomic E-state index is 12.4. The largest absolute Gasteiger partial charge is 0.348 e. The van der Waals surface area contributed by atoms with E-state index >= 15 is 0 Å². The van der Waals surface area contributed by atoms with Crippen LogP contribution in [0.5, 0.6) is 0 Å². The number of halogens is 2. The van der Waals surface area contributed by atoms with E-state index in [4.69, 9.17) is 10.7 Å². The molecule has 0 unspecified atom stereocenters. The fraction of sp³-hybridized carbons (Fsp3) is 0.353. The highest BCUT2D eigenvalue weighted by atomic mass is 35.5. The molecule has 1 fully saturated rings. The minimum atomic E-state index is -0.192. The number of nitrogens with zero attached hydrogens (tertiary/aromatic N) is 3. The molecule has 1 amide bonds. The van der Waals surface area contributed by atoms with Gasteiger partial charge in [-0.1, -0.05) is 11.3 Å². The second-order valence-corrected chi connectivity index (χ2v) is 7.94. The Kier molecular flexibility index (Phi) is 7.81. The van der Waals surface area contributed by atoms with Crippen molar-refractivity contribution in [2.24, 2.45) is 5.73 Å². The van der Waals surface area contributed by atoms with Crippen molar-refractivity contribution in [1.82, 2.24) is 9.97 Å². The van der Waals surface area contributed by atoms with Crippen LogP contribution < -0.4 is 16.0 Å². The van der Waals surface area contributed by atoms with Crippen molar-refractivity contribution in [2.75, 3.05) is 29.9 Å². The lowest BCUT2D eigenvalue weighted by Gasteiger charge is -2.11. The van der Waals surface area contributed by atoms with Gasteiger partial charge < -0.3 is 16.0 Å². The van der Waals surface area contributed by atoms with E-state index in [2.05, 4.69) is 15.2 Å². The van der Waals surface area contributed by atoms with E-state index in [9.17, 15) is 4.79 Å². The van der Waals surface area contributed by atoms with E-state index in [-0.39, 0.29) is 30.7 Å². The summed E-state index contributed by atoms with van der Waals surface area (Å²) in [6.07, 6.45) is 3.16. The molecule has 0 saturated carbocycles. The average Bonchev–Trinajstić information content (AvgIpc) is 3.34. The Hall–Kier alpha value is -1.45. The Bertz CT molecular complexity index is 908. The van der Waals surface area contributed by atoms with Gasteiger partial charge in [0.15, 0.2) is 5.13 Å². The lowest BCUT2D eigenvalue weighted by atomic mass is 10.3. The molecule has 0 atom stereocenters. The zero-order valence-corrected chi connectivity index (χ0v) is 17.8. The van der Waals surface area contributed by atoms with Crippen LogP contribution in [0.2, 0.25) is 0 Å². The fourth-order valence-corrected chi connectivity index (χ4v) is 4.73. The first-order valence-electron chi connectivity index (χ1n) is 8.34. The highest BCUT2D eigenvalue weighted by Crippen LogP contribution is 2.32. The minimum absolute atomic E-state index is 0. The number of hydrogen-bond acceptors (Lipinski definition) is 7. The highest BCUT2D eigenvalue weighted by molar-refractivity contribution is 7.22. The highest BCUT2D eigenvalue weighted by Gasteiger charge is 2.17. The average molecular weight is 446 g/mol. The summed E-state index contributed by atoms with van der Waals surface area (Å²) in [6, 6.07) is 5.83. The molecular weight excluding hydrogens is 425 g/mol. The van der Waals surface area contributed by atoms with E-state index in [1.54, 1.807) is 16.7 Å². The van der Waals surface area contributed by atoms with Crippen molar-refractivity contribution < 1.29 is 4.79 Å². The number of hydrogen-bond donors (Lipinski definition) is 2. The van der Waals surface area contributed by atoms with Crippen molar-refractivity contribution in [3.8, 4) is 0 Å². The summed E-state index contributed by atoms with van der Waals surface area (Å²) in [6.45, 7) is 2.70. The van der Waals surface area contributed by atoms with Crippen LogP contribution in [-0.4, -0.2) is 35.5 Å². The molecule has 4 rings (SSSR count). The van der Waals surface area contributed by atoms with E-state index in [1.807, 2.05) is 18.2 Å². The molecule has 0 aliphatic carbocycles. The summed E-state index contributed by atoms with van der Waals surface area (Å²) >= 11 is 3.15. The van der Waals surface area contributed by atoms with E-state index < -0.39 is 0 Å². The van der Waals surface area contributed by atoms with Crippen molar-refractivity contribution >= 4 is 74.4 Å². The molecule has 1 aromatic carbocycles. The predicted molar refractivity (Wildman–Crippen MR) is 118 cm³/mol. The van der Waals surface area contributed by atoms with Gasteiger partial charge in [-0.15, -0.1) is 36.2 Å². The Morgan fingerprint density at radius 3 is 2.74 bits per heavy atom. The first-order chi connectivity index (χ1) is 12.2. The van der Waals surface area contributed by atoms with E-state index in [1.165, 1.54) is 24.2 Å². The second-order valence-electron chi connectivity index (χ2n) is 5.99. The molecule has 1 aliphatic heterocycles. The normalized spacial score (nSPS) is 13.3. The Morgan fingerprint density at radius 2 is 2.00 bits per heavy atom. The summed E-state index contributed by atoms with van der Waals surface area (Å²) in [5, 5.41) is 6.66. The Labute approximate surface area is 178 Å². The maximum absolute atomic E-state index is 12.4. The fourth-order valence-electron chi connectivity index (χ4n) is 2.88. The third-order valence-electron chi connectivity index (χ3n) is 4.15. The third kappa shape index (κ3) is 4.89. The van der Waals surface area contributed by atoms with Crippen LogP contribution in [0.15, 0.2) is 23.6 Å². The summed E-state index contributed by atoms with van der Waals surface area (Å²) in [5.74, 6) is -0.192. The van der Waals surface area contributed by atoms with Crippen LogP contribution in [0.4, 0.5) is 10.8 Å². The molecule has 146 valence electrons. The lowest BCUT2D eigenvalue weighted by Crippen LogP contribution is -2.16. The van der Waals surface area contributed by atoms with Gasteiger partial charge in [0.2, 0.25) is 0 Å². The van der Waals surface area contributed by atoms with Gasteiger partial charge in [-0.3, -0.25) is 4.79 Å². The van der Waals surface area contributed by atoms with E-state index in [0.717, 1.165) is 39.1 Å². The van der Waals surface area contributed by atoms with Crippen LogP contribution in [0.25, 0.3) is 10.2 Å². The number of nitrogens with two attached hydrogens (primary N) is 1. The first-order valence-corrected chi connectivity index (χ1v) is 10.0. The van der Waals surface area contributed by atoms with Gasteiger partial charge >= 0.3 is 0 Å². The van der Waals surface area contributed by atoms with Crippen molar-refractivity contribution in [3.63, 3.8) is 0 Å². The molecule has 3 aromatic rings. The number of thiazole rings is 2. The number of aromatic nitrogens is 2. The van der Waals surface area contributed by atoms with Crippen LogP contribution in [-0.2, 0) is 6.42 Å². The van der Waals surface area contributed by atoms with Crippen molar-refractivity contribution in [1.29, 1.82) is 0 Å². The van der Waals surface area contributed by atoms with Gasteiger partial charge in [0.05, 0.1) is 15.2 Å². The molecule has 3 N–H and O–H groups in total. The third-order valence-corrected chi connectivity index (χ3v) is 6.14. The number of rotatable bonds is 5. The molecule has 10 heteroatoms. The Morgan fingerprint density at radius 1 is 1.22 bits per heavy atom. The molecule has 1 saturated heterocycles. The maximum Gasteiger partial charge on any atom is 0.275 e. The van der Waals surface area contributed by atoms with Gasteiger partial charge in [-0.05, 0) is 37.6 Å². The van der Waals surface area contributed by atoms with Gasteiger partial charge in [0.1, 0.15) is 5.69 Å². The monoisotopic (exact) mass is 445 g/mol. The number of nitrogens with one attached hydrogen (secondary N) is 1. The zero-order chi connectivity index (χ0) is 17.2. The lowest BCUT2D eigenvalue weighted by molar-refractivity contribution is 0.102. The SMILES string of the molecule is Cl.Cl.NCCc1nc(C(=O)Nc2ccc3nc(N4CCCC4)sc3c2)cs1. The Balaban J connectivity index is 0.00000131. The summed E-state index contributed by atoms with van der Waals surface area (Å²) < 4.78 is 1.08. The van der Waals surface area contributed by atoms with Crippen LogP contribution in [0.3, 0.4) is 0 Å². The number of amides is 1. The number of benzene rings is 1. The number of anilines is 2. The van der Waals surface area contributed by atoms with Crippen molar-refractivity contribution in [3.05, 3.63) is 34.3 Å². The molecule has 1 aliphatic rings. The van der Waals surface area contributed by atoms with Crippen LogP contribution >= 0.6 is 47.5 Å². The first kappa shape index (κ1) is 21.8. The zero-order valence-electron chi connectivity index (χ0n) is 14.5. The number of carbonyl (C=O) groups is 1.